The van der Waals surface area contributed by atoms with E-state index in [1.807, 2.05) is 12.1 Å². The van der Waals surface area contributed by atoms with E-state index in [9.17, 15) is 5.11 Å². The summed E-state index contributed by atoms with van der Waals surface area (Å²) in [6.07, 6.45) is 0. The average molecular weight is 234 g/mol. The average Bonchev–Trinajstić information content (AvgIpc) is 2.49. The topological polar surface area (TPSA) is 32.3 Å². The first-order valence-corrected chi connectivity index (χ1v) is 5.83. The number of halogens is 1. The van der Waals surface area contributed by atoms with E-state index in [-0.39, 0.29) is 0 Å². The van der Waals surface area contributed by atoms with E-state index < -0.39 is 5.60 Å². The molecule has 0 aliphatic rings. The van der Waals surface area contributed by atoms with E-state index >= 15 is 0 Å². The Bertz CT molecular complexity index is 296. The molecule has 4 heteroatoms. The summed E-state index contributed by atoms with van der Waals surface area (Å²) in [4.78, 5) is 0.899. The van der Waals surface area contributed by atoms with E-state index in [0.717, 1.165) is 4.88 Å². The molecule has 0 aromatic carbocycles. The summed E-state index contributed by atoms with van der Waals surface area (Å²) in [7, 11) is 0. The molecule has 0 fully saturated rings. The second kappa shape index (κ2) is 4.62. The molecule has 1 aromatic rings. The van der Waals surface area contributed by atoms with Gasteiger partial charge in [-0.15, -0.1) is 11.3 Å². The molecule has 1 heterocycles. The monoisotopic (exact) mass is 233 g/mol. The van der Waals surface area contributed by atoms with E-state index in [1.165, 1.54) is 11.3 Å². The van der Waals surface area contributed by atoms with Crippen molar-refractivity contribution in [3.05, 3.63) is 21.3 Å². The van der Waals surface area contributed by atoms with Gasteiger partial charge in [0.05, 0.1) is 4.34 Å². The van der Waals surface area contributed by atoms with Gasteiger partial charge in [0.15, 0.2) is 0 Å². The van der Waals surface area contributed by atoms with Gasteiger partial charge in [0.2, 0.25) is 0 Å². The van der Waals surface area contributed by atoms with Crippen LogP contribution in [0.4, 0.5) is 0 Å². The van der Waals surface area contributed by atoms with Crippen LogP contribution in [0.5, 0.6) is 0 Å². The molecule has 14 heavy (non-hydrogen) atoms. The molecule has 0 aliphatic heterocycles. The van der Waals surface area contributed by atoms with Crippen LogP contribution in [-0.2, 0) is 5.60 Å². The van der Waals surface area contributed by atoms with Crippen LogP contribution in [0.25, 0.3) is 0 Å². The normalized spacial score (nSPS) is 15.9. The fourth-order valence-electron chi connectivity index (χ4n) is 1.09. The maximum absolute atomic E-state index is 10.1. The fraction of sp³-hybridized carbons (Fsp3) is 0.600. The molecule has 0 saturated heterocycles. The van der Waals surface area contributed by atoms with Gasteiger partial charge in [-0.2, -0.15) is 0 Å². The van der Waals surface area contributed by atoms with Gasteiger partial charge < -0.3 is 10.4 Å². The minimum atomic E-state index is -0.831. The summed E-state index contributed by atoms with van der Waals surface area (Å²) < 4.78 is 0.713. The fourth-order valence-corrected chi connectivity index (χ4v) is 2.18. The van der Waals surface area contributed by atoms with Crippen LogP contribution >= 0.6 is 22.9 Å². The van der Waals surface area contributed by atoms with Gasteiger partial charge in [-0.05, 0) is 19.1 Å². The summed E-state index contributed by atoms with van der Waals surface area (Å²) in [5.74, 6) is 0. The van der Waals surface area contributed by atoms with Gasteiger partial charge in [-0.25, -0.2) is 0 Å². The standard InChI is InChI=1S/C10H16ClNOS/c1-7(2)12-6-10(3,13)8-4-5-9(11)14-8/h4-5,7,12-13H,6H2,1-3H3. The number of rotatable bonds is 4. The Morgan fingerprint density at radius 1 is 1.57 bits per heavy atom. The molecule has 0 amide bonds. The lowest BCUT2D eigenvalue weighted by atomic mass is 10.1. The second-order valence-electron chi connectivity index (χ2n) is 3.91. The zero-order valence-corrected chi connectivity index (χ0v) is 10.2. The molecule has 80 valence electrons. The molecule has 0 bridgehead atoms. The van der Waals surface area contributed by atoms with Crippen LogP contribution in [0.15, 0.2) is 12.1 Å². The van der Waals surface area contributed by atoms with Crippen molar-refractivity contribution in [2.75, 3.05) is 6.54 Å². The summed E-state index contributed by atoms with van der Waals surface area (Å²) >= 11 is 7.24. The van der Waals surface area contributed by atoms with Gasteiger partial charge in [0.1, 0.15) is 5.60 Å². The lowest BCUT2D eigenvalue weighted by Crippen LogP contribution is -2.38. The molecule has 1 unspecified atom stereocenters. The highest BCUT2D eigenvalue weighted by atomic mass is 35.5. The highest BCUT2D eigenvalue weighted by Gasteiger charge is 2.24. The van der Waals surface area contributed by atoms with Gasteiger partial charge in [-0.3, -0.25) is 0 Å². The molecular weight excluding hydrogens is 218 g/mol. The number of aliphatic hydroxyl groups is 1. The van der Waals surface area contributed by atoms with Gasteiger partial charge >= 0.3 is 0 Å². The lowest BCUT2D eigenvalue weighted by molar-refractivity contribution is 0.0587. The van der Waals surface area contributed by atoms with Crippen molar-refractivity contribution >= 4 is 22.9 Å². The quantitative estimate of drug-likeness (QED) is 0.838. The highest BCUT2D eigenvalue weighted by Crippen LogP contribution is 2.30. The third-order valence-electron chi connectivity index (χ3n) is 1.96. The number of nitrogens with one attached hydrogen (secondary N) is 1. The van der Waals surface area contributed by atoms with Crippen molar-refractivity contribution in [2.45, 2.75) is 32.4 Å². The summed E-state index contributed by atoms with van der Waals surface area (Å²) in [5.41, 5.74) is -0.831. The summed E-state index contributed by atoms with van der Waals surface area (Å²) in [6.45, 7) is 6.45. The summed E-state index contributed by atoms with van der Waals surface area (Å²) in [5, 5.41) is 13.3. The van der Waals surface area contributed by atoms with E-state index in [4.69, 9.17) is 11.6 Å². The van der Waals surface area contributed by atoms with Crippen molar-refractivity contribution in [1.82, 2.24) is 5.32 Å². The highest BCUT2D eigenvalue weighted by molar-refractivity contribution is 7.16. The number of hydrogen-bond donors (Lipinski definition) is 2. The molecule has 2 N–H and O–H groups in total. The van der Waals surface area contributed by atoms with Gasteiger partial charge in [-0.1, -0.05) is 25.4 Å². The maximum Gasteiger partial charge on any atom is 0.108 e. The molecule has 0 aliphatic carbocycles. The predicted molar refractivity (Wildman–Crippen MR) is 62.0 cm³/mol. The number of hydrogen-bond acceptors (Lipinski definition) is 3. The molecule has 0 radical (unpaired) electrons. The smallest absolute Gasteiger partial charge is 0.108 e. The first kappa shape index (κ1) is 12.0. The van der Waals surface area contributed by atoms with Crippen LogP contribution in [0.2, 0.25) is 4.34 Å². The largest absolute Gasteiger partial charge is 0.383 e. The molecule has 2 nitrogen and oxygen atoms in total. The zero-order chi connectivity index (χ0) is 10.8. The van der Waals surface area contributed by atoms with Crippen molar-refractivity contribution in [3.63, 3.8) is 0 Å². The Morgan fingerprint density at radius 2 is 2.21 bits per heavy atom. The van der Waals surface area contributed by atoms with Gasteiger partial charge in [0, 0.05) is 17.5 Å². The molecule has 1 atom stereocenters. The first-order chi connectivity index (χ1) is 6.42. The van der Waals surface area contributed by atoms with Crippen molar-refractivity contribution in [1.29, 1.82) is 0 Å². The molecule has 1 rings (SSSR count). The molecule has 0 saturated carbocycles. The Labute approximate surface area is 93.9 Å². The van der Waals surface area contributed by atoms with Crippen molar-refractivity contribution in [2.24, 2.45) is 0 Å². The lowest BCUT2D eigenvalue weighted by Gasteiger charge is -2.23. The van der Waals surface area contributed by atoms with Crippen LogP contribution < -0.4 is 5.32 Å². The van der Waals surface area contributed by atoms with Crippen molar-refractivity contribution in [3.8, 4) is 0 Å². The Hall–Kier alpha value is -0.0900. The van der Waals surface area contributed by atoms with Gasteiger partial charge in [0.25, 0.3) is 0 Å². The third kappa shape index (κ3) is 3.24. The molecule has 0 spiro atoms. The SMILES string of the molecule is CC(C)NCC(C)(O)c1ccc(Cl)s1. The Morgan fingerprint density at radius 3 is 2.64 bits per heavy atom. The Balaban J connectivity index is 2.65. The first-order valence-electron chi connectivity index (χ1n) is 4.63. The maximum atomic E-state index is 10.1. The predicted octanol–water partition coefficient (Wildman–Crippen LogP) is 2.61. The van der Waals surface area contributed by atoms with Crippen LogP contribution in [-0.4, -0.2) is 17.7 Å². The molecule has 1 aromatic heterocycles. The third-order valence-corrected chi connectivity index (χ3v) is 3.44. The second-order valence-corrected chi connectivity index (χ2v) is 5.63. The molecular formula is C10H16ClNOS. The zero-order valence-electron chi connectivity index (χ0n) is 8.67. The van der Waals surface area contributed by atoms with Crippen LogP contribution in [0.3, 0.4) is 0 Å². The summed E-state index contributed by atoms with van der Waals surface area (Å²) in [6, 6.07) is 4.05. The van der Waals surface area contributed by atoms with Crippen molar-refractivity contribution < 1.29 is 5.11 Å². The van der Waals surface area contributed by atoms with Crippen LogP contribution in [0, 0.1) is 0 Å². The minimum absolute atomic E-state index is 0.372. The van der Waals surface area contributed by atoms with E-state index in [2.05, 4.69) is 19.2 Å². The van der Waals surface area contributed by atoms with Crippen LogP contribution in [0.1, 0.15) is 25.6 Å². The number of thiophene rings is 1. The van der Waals surface area contributed by atoms with E-state index in [0.29, 0.717) is 16.9 Å². The van der Waals surface area contributed by atoms with E-state index in [1.54, 1.807) is 6.92 Å². The Kier molecular flexibility index (Phi) is 3.95. The minimum Gasteiger partial charge on any atom is -0.383 e.